The lowest BCUT2D eigenvalue weighted by Gasteiger charge is -2.45. The van der Waals surface area contributed by atoms with Gasteiger partial charge in [0.25, 0.3) is 0 Å². The summed E-state index contributed by atoms with van der Waals surface area (Å²) in [5.74, 6) is -0.0126. The van der Waals surface area contributed by atoms with E-state index in [1.165, 1.54) is 13.0 Å². The Morgan fingerprint density at radius 1 is 1.25 bits per heavy atom. The van der Waals surface area contributed by atoms with Crippen LogP contribution in [0.15, 0.2) is 18.2 Å². The second-order valence-electron chi connectivity index (χ2n) is 8.20. The quantitative estimate of drug-likeness (QED) is 0.831. The third kappa shape index (κ3) is 3.33. The predicted molar refractivity (Wildman–Crippen MR) is 94.7 cm³/mol. The molecule has 2 amide bonds. The first-order chi connectivity index (χ1) is 13.2. The van der Waals surface area contributed by atoms with Gasteiger partial charge in [0.05, 0.1) is 11.1 Å². The molecule has 0 bridgehead atoms. The van der Waals surface area contributed by atoms with Crippen molar-refractivity contribution in [3.8, 4) is 0 Å². The molecule has 0 radical (unpaired) electrons. The highest BCUT2D eigenvalue weighted by atomic mass is 19.4. The number of benzene rings is 1. The number of alkyl halides is 3. The minimum Gasteiger partial charge on any atom is -0.447 e. The SMILES string of the molecule is Cc1c(C2CCN(C(=O)C3CC4(COC(=O)N4)C3)CC2)cccc1C(F)(F)F. The standard InChI is InChI=1S/C20H23F3N2O3/c1-12-15(3-2-4-16(12)20(21,22)23)13-5-7-25(8-6-13)17(26)14-9-19(10-14)11-28-18(27)24-19/h2-4,13-14H,5-11H2,1H3,(H,24,27). The fourth-order valence-corrected chi connectivity index (χ4v) is 4.84. The lowest BCUT2D eigenvalue weighted by atomic mass is 9.68. The first-order valence-electron chi connectivity index (χ1n) is 9.59. The van der Waals surface area contributed by atoms with Crippen LogP contribution in [0.4, 0.5) is 18.0 Å². The van der Waals surface area contributed by atoms with Crippen LogP contribution in [0.5, 0.6) is 0 Å². The van der Waals surface area contributed by atoms with Crippen LogP contribution in [0, 0.1) is 12.8 Å². The van der Waals surface area contributed by atoms with Crippen molar-refractivity contribution >= 4 is 12.0 Å². The van der Waals surface area contributed by atoms with Crippen LogP contribution in [0.2, 0.25) is 0 Å². The fourth-order valence-electron chi connectivity index (χ4n) is 4.84. The predicted octanol–water partition coefficient (Wildman–Crippen LogP) is 3.61. The minimum absolute atomic E-state index is 0.0293. The Morgan fingerprint density at radius 3 is 2.50 bits per heavy atom. The second-order valence-corrected chi connectivity index (χ2v) is 8.20. The molecule has 0 aromatic heterocycles. The number of rotatable bonds is 2. The number of amides is 2. The average molecular weight is 396 g/mol. The number of cyclic esters (lactones) is 1. The van der Waals surface area contributed by atoms with Gasteiger partial charge in [0, 0.05) is 19.0 Å². The van der Waals surface area contributed by atoms with E-state index in [2.05, 4.69) is 5.32 Å². The van der Waals surface area contributed by atoms with Crippen LogP contribution in [-0.2, 0) is 15.7 Å². The second kappa shape index (κ2) is 6.67. The van der Waals surface area contributed by atoms with Crippen LogP contribution in [0.1, 0.15) is 48.3 Å². The van der Waals surface area contributed by atoms with Gasteiger partial charge in [-0.25, -0.2) is 4.79 Å². The molecule has 4 rings (SSSR count). The van der Waals surface area contributed by atoms with Crippen LogP contribution in [0.3, 0.4) is 0 Å². The summed E-state index contributed by atoms with van der Waals surface area (Å²) in [4.78, 5) is 25.8. The zero-order valence-electron chi connectivity index (χ0n) is 15.6. The lowest BCUT2D eigenvalue weighted by Crippen LogP contribution is -2.58. The molecule has 1 aromatic carbocycles. The van der Waals surface area contributed by atoms with E-state index in [4.69, 9.17) is 4.74 Å². The van der Waals surface area contributed by atoms with Gasteiger partial charge in [-0.15, -0.1) is 0 Å². The van der Waals surface area contributed by atoms with Crippen molar-refractivity contribution in [3.05, 3.63) is 34.9 Å². The Balaban J connectivity index is 1.35. The van der Waals surface area contributed by atoms with Gasteiger partial charge in [-0.05, 0) is 55.7 Å². The molecule has 2 heterocycles. The summed E-state index contributed by atoms with van der Waals surface area (Å²) in [5.41, 5.74) is 0.0577. The van der Waals surface area contributed by atoms with Crippen molar-refractivity contribution in [1.82, 2.24) is 10.2 Å². The number of hydrogen-bond acceptors (Lipinski definition) is 3. The summed E-state index contributed by atoms with van der Waals surface area (Å²) in [6.07, 6.45) is -2.29. The Kier molecular flexibility index (Phi) is 4.55. The smallest absolute Gasteiger partial charge is 0.416 e. The zero-order chi connectivity index (χ0) is 20.1. The molecule has 0 atom stereocenters. The monoisotopic (exact) mass is 396 g/mol. The summed E-state index contributed by atoms with van der Waals surface area (Å²) < 4.78 is 44.4. The first-order valence-corrected chi connectivity index (χ1v) is 9.59. The Labute approximate surface area is 161 Å². The first kappa shape index (κ1) is 19.1. The number of alkyl carbamates (subject to hydrolysis) is 1. The summed E-state index contributed by atoms with van der Waals surface area (Å²) in [7, 11) is 0. The van der Waals surface area contributed by atoms with Gasteiger partial charge in [0.15, 0.2) is 0 Å². The van der Waals surface area contributed by atoms with Gasteiger partial charge < -0.3 is 15.0 Å². The molecule has 2 aliphatic heterocycles. The van der Waals surface area contributed by atoms with Crippen molar-refractivity contribution in [2.24, 2.45) is 5.92 Å². The van der Waals surface area contributed by atoms with Gasteiger partial charge in [-0.3, -0.25) is 4.79 Å². The number of carbonyl (C=O) groups excluding carboxylic acids is 2. The van der Waals surface area contributed by atoms with Crippen LogP contribution < -0.4 is 5.32 Å². The fraction of sp³-hybridized carbons (Fsp3) is 0.600. The van der Waals surface area contributed by atoms with Crippen molar-refractivity contribution in [2.45, 2.75) is 50.2 Å². The maximum atomic E-state index is 13.2. The van der Waals surface area contributed by atoms with E-state index in [1.807, 2.05) is 4.90 Å². The number of nitrogens with zero attached hydrogens (tertiary/aromatic N) is 1. The third-order valence-electron chi connectivity index (χ3n) is 6.40. The molecule has 1 aromatic rings. The molecule has 1 aliphatic carbocycles. The molecule has 0 unspecified atom stereocenters. The van der Waals surface area contributed by atoms with Gasteiger partial charge >= 0.3 is 12.3 Å². The van der Waals surface area contributed by atoms with E-state index in [0.717, 1.165) is 11.6 Å². The average Bonchev–Trinajstić information content (AvgIpc) is 3.01. The minimum atomic E-state index is -4.35. The van der Waals surface area contributed by atoms with Gasteiger partial charge in [-0.2, -0.15) is 13.2 Å². The van der Waals surface area contributed by atoms with Crippen molar-refractivity contribution in [1.29, 1.82) is 0 Å². The molecule has 1 saturated carbocycles. The van der Waals surface area contributed by atoms with Crippen LogP contribution in [0.25, 0.3) is 0 Å². The molecule has 3 aliphatic rings. The maximum Gasteiger partial charge on any atom is 0.416 e. The summed E-state index contributed by atoms with van der Waals surface area (Å²) in [5, 5.41) is 2.78. The molecule has 3 fully saturated rings. The molecular weight excluding hydrogens is 373 g/mol. The highest BCUT2D eigenvalue weighted by molar-refractivity contribution is 5.81. The van der Waals surface area contributed by atoms with Crippen molar-refractivity contribution in [2.75, 3.05) is 19.7 Å². The van der Waals surface area contributed by atoms with E-state index in [0.29, 0.717) is 45.4 Å². The molecule has 1 N–H and O–H groups in total. The number of likely N-dealkylation sites (tertiary alicyclic amines) is 1. The third-order valence-corrected chi connectivity index (χ3v) is 6.40. The van der Waals surface area contributed by atoms with E-state index >= 15 is 0 Å². The number of piperidine rings is 1. The van der Waals surface area contributed by atoms with Gasteiger partial charge in [0.1, 0.15) is 6.61 Å². The van der Waals surface area contributed by atoms with E-state index in [9.17, 15) is 22.8 Å². The number of halogens is 3. The van der Waals surface area contributed by atoms with Gasteiger partial charge in [0.2, 0.25) is 5.91 Å². The Hall–Kier alpha value is -2.25. The highest BCUT2D eigenvalue weighted by Gasteiger charge is 2.53. The van der Waals surface area contributed by atoms with E-state index in [1.54, 1.807) is 6.07 Å². The van der Waals surface area contributed by atoms with Crippen LogP contribution in [-0.4, -0.2) is 42.1 Å². The Bertz CT molecular complexity index is 794. The summed E-state index contributed by atoms with van der Waals surface area (Å²) >= 11 is 0. The van der Waals surface area contributed by atoms with Crippen molar-refractivity contribution < 1.29 is 27.5 Å². The maximum absolute atomic E-state index is 13.2. The number of nitrogens with one attached hydrogen (secondary N) is 1. The summed E-state index contributed by atoms with van der Waals surface area (Å²) in [6.45, 7) is 2.94. The number of carbonyl (C=O) groups is 2. The summed E-state index contributed by atoms with van der Waals surface area (Å²) in [6, 6.07) is 4.36. The largest absolute Gasteiger partial charge is 0.447 e. The Morgan fingerprint density at radius 2 is 1.93 bits per heavy atom. The zero-order valence-corrected chi connectivity index (χ0v) is 15.6. The van der Waals surface area contributed by atoms with Crippen LogP contribution >= 0.6 is 0 Å². The molecular formula is C20H23F3N2O3. The molecule has 5 nitrogen and oxygen atoms in total. The lowest BCUT2D eigenvalue weighted by molar-refractivity contribution is -0.142. The molecule has 152 valence electrons. The molecule has 2 saturated heterocycles. The van der Waals surface area contributed by atoms with Crippen molar-refractivity contribution in [3.63, 3.8) is 0 Å². The number of ether oxygens (including phenoxy) is 1. The highest BCUT2D eigenvalue weighted by Crippen LogP contribution is 2.43. The molecule has 1 spiro atoms. The van der Waals surface area contributed by atoms with Gasteiger partial charge in [-0.1, -0.05) is 12.1 Å². The van der Waals surface area contributed by atoms with E-state index in [-0.39, 0.29) is 28.8 Å². The molecule has 8 heteroatoms. The molecule has 28 heavy (non-hydrogen) atoms. The normalized spacial score (nSPS) is 28.1. The topological polar surface area (TPSA) is 58.6 Å². The van der Waals surface area contributed by atoms with E-state index < -0.39 is 17.8 Å². The number of hydrogen-bond donors (Lipinski definition) is 1.